The Morgan fingerprint density at radius 2 is 1.91 bits per heavy atom. The van der Waals surface area contributed by atoms with Gasteiger partial charge in [-0.25, -0.2) is 5.01 Å². The van der Waals surface area contributed by atoms with Crippen LogP contribution >= 0.6 is 23.2 Å². The molecule has 0 amide bonds. The zero-order valence-electron chi connectivity index (χ0n) is 12.9. The van der Waals surface area contributed by atoms with Crippen molar-refractivity contribution in [3.8, 4) is 5.75 Å². The molecule has 0 N–H and O–H groups in total. The number of halogens is 2. The van der Waals surface area contributed by atoms with Crippen molar-refractivity contribution in [3.63, 3.8) is 0 Å². The molecule has 23 heavy (non-hydrogen) atoms. The first-order valence-electron chi connectivity index (χ1n) is 7.56. The van der Waals surface area contributed by atoms with Crippen molar-refractivity contribution >= 4 is 28.9 Å². The molecule has 2 aliphatic heterocycles. The first-order chi connectivity index (χ1) is 11.0. The molecule has 0 saturated carbocycles. The molecule has 2 heterocycles. The number of hydrogen-bond acceptors (Lipinski definition) is 3. The molecule has 0 bridgehead atoms. The highest BCUT2D eigenvalue weighted by Gasteiger charge is 2.45. The van der Waals surface area contributed by atoms with E-state index < -0.39 is 5.72 Å². The Labute approximate surface area is 145 Å². The van der Waals surface area contributed by atoms with E-state index in [1.807, 2.05) is 43.1 Å². The number of hydrogen-bond donors (Lipinski definition) is 0. The Balaban J connectivity index is 1.82. The molecule has 0 aliphatic carbocycles. The summed E-state index contributed by atoms with van der Waals surface area (Å²) in [6.45, 7) is 4.01. The van der Waals surface area contributed by atoms with Crippen LogP contribution in [0.2, 0.25) is 10.0 Å². The summed E-state index contributed by atoms with van der Waals surface area (Å²) in [7, 11) is 0. The van der Waals surface area contributed by atoms with Crippen molar-refractivity contribution in [1.29, 1.82) is 0 Å². The Bertz CT molecular complexity index is 802. The Morgan fingerprint density at radius 3 is 2.65 bits per heavy atom. The van der Waals surface area contributed by atoms with Crippen molar-refractivity contribution in [3.05, 3.63) is 63.6 Å². The second-order valence-corrected chi connectivity index (χ2v) is 7.18. The zero-order valence-corrected chi connectivity index (χ0v) is 14.4. The molecule has 118 valence electrons. The maximum absolute atomic E-state index is 6.35. The molecule has 2 aliphatic rings. The molecule has 5 heteroatoms. The van der Waals surface area contributed by atoms with Gasteiger partial charge in [0.15, 0.2) is 5.72 Å². The van der Waals surface area contributed by atoms with Crippen LogP contribution in [0.25, 0.3) is 0 Å². The second kappa shape index (κ2) is 5.15. The minimum atomic E-state index is -0.564. The summed E-state index contributed by atoms with van der Waals surface area (Å²) in [4.78, 5) is 0. The number of fused-ring (bicyclic) bond motifs is 3. The lowest BCUT2D eigenvalue weighted by Gasteiger charge is -2.44. The van der Waals surface area contributed by atoms with Crippen LogP contribution in [0.5, 0.6) is 5.75 Å². The van der Waals surface area contributed by atoms with E-state index in [1.54, 1.807) is 6.07 Å². The summed E-state index contributed by atoms with van der Waals surface area (Å²) in [5.41, 5.74) is 2.62. The van der Waals surface area contributed by atoms with Gasteiger partial charge in [-0.05, 0) is 31.5 Å². The maximum atomic E-state index is 6.35. The highest BCUT2D eigenvalue weighted by molar-refractivity contribution is 6.35. The summed E-state index contributed by atoms with van der Waals surface area (Å²) in [6, 6.07) is 14.0. The van der Waals surface area contributed by atoms with E-state index in [0.717, 1.165) is 23.3 Å². The van der Waals surface area contributed by atoms with Gasteiger partial charge in [-0.3, -0.25) is 0 Å². The van der Waals surface area contributed by atoms with E-state index in [-0.39, 0.29) is 6.04 Å². The molecular formula is C18H16Cl2N2O. The zero-order chi connectivity index (χ0) is 16.2. The molecule has 1 atom stereocenters. The minimum absolute atomic E-state index is 0.0835. The van der Waals surface area contributed by atoms with Crippen molar-refractivity contribution in [2.24, 2.45) is 5.10 Å². The highest BCUT2D eigenvalue weighted by atomic mass is 35.5. The molecule has 2 aromatic carbocycles. The van der Waals surface area contributed by atoms with Gasteiger partial charge in [-0.2, -0.15) is 5.10 Å². The van der Waals surface area contributed by atoms with E-state index in [1.165, 1.54) is 0 Å². The Morgan fingerprint density at radius 1 is 1.17 bits per heavy atom. The number of hydrazone groups is 1. The van der Waals surface area contributed by atoms with Crippen molar-refractivity contribution in [2.45, 2.75) is 32.0 Å². The van der Waals surface area contributed by atoms with Crippen LogP contribution < -0.4 is 4.74 Å². The molecule has 2 aromatic rings. The predicted molar refractivity (Wildman–Crippen MR) is 93.3 cm³/mol. The molecule has 4 rings (SSSR count). The molecule has 0 aromatic heterocycles. The quantitative estimate of drug-likeness (QED) is 0.702. The lowest BCUT2D eigenvalue weighted by Crippen LogP contribution is -2.48. The van der Waals surface area contributed by atoms with Crippen LogP contribution in [0.3, 0.4) is 0 Å². The van der Waals surface area contributed by atoms with Crippen LogP contribution in [0, 0.1) is 0 Å². The summed E-state index contributed by atoms with van der Waals surface area (Å²) in [6.07, 6.45) is 0.806. The fraction of sp³-hybridized carbons (Fsp3) is 0.278. The third kappa shape index (κ3) is 2.39. The fourth-order valence-electron chi connectivity index (χ4n) is 3.29. The van der Waals surface area contributed by atoms with Gasteiger partial charge in [-0.1, -0.05) is 53.5 Å². The first kappa shape index (κ1) is 14.9. The van der Waals surface area contributed by atoms with Crippen LogP contribution in [0.15, 0.2) is 47.6 Å². The van der Waals surface area contributed by atoms with Gasteiger partial charge < -0.3 is 4.74 Å². The van der Waals surface area contributed by atoms with E-state index in [9.17, 15) is 0 Å². The third-order valence-corrected chi connectivity index (χ3v) is 4.82. The molecule has 0 radical (unpaired) electrons. The topological polar surface area (TPSA) is 24.8 Å². The first-order valence-corrected chi connectivity index (χ1v) is 8.31. The second-order valence-electron chi connectivity index (χ2n) is 6.33. The van der Waals surface area contributed by atoms with Crippen molar-refractivity contribution in [2.75, 3.05) is 0 Å². The summed E-state index contributed by atoms with van der Waals surface area (Å²) < 4.78 is 6.13. The standard InChI is InChI=1S/C18H16Cl2N2O/c1-18(2)22-16(10-15(21-22)11-6-4-3-5-7-11)13-8-12(19)9-14(20)17(13)23-18/h3-9,16H,10H2,1-2H3. The van der Waals surface area contributed by atoms with Gasteiger partial charge in [0, 0.05) is 17.0 Å². The number of nitrogens with zero attached hydrogens (tertiary/aromatic N) is 2. The lowest BCUT2D eigenvalue weighted by molar-refractivity contribution is -0.0910. The monoisotopic (exact) mass is 346 g/mol. The van der Waals surface area contributed by atoms with Crippen LogP contribution in [0.4, 0.5) is 0 Å². The summed E-state index contributed by atoms with van der Waals surface area (Å²) in [5, 5.41) is 8.01. The van der Waals surface area contributed by atoms with Gasteiger partial charge in [0.2, 0.25) is 0 Å². The highest BCUT2D eigenvalue weighted by Crippen LogP contribution is 2.49. The van der Waals surface area contributed by atoms with Crippen molar-refractivity contribution in [1.82, 2.24) is 5.01 Å². The van der Waals surface area contributed by atoms with Gasteiger partial charge in [-0.15, -0.1) is 0 Å². The Kier molecular flexibility index (Phi) is 3.33. The van der Waals surface area contributed by atoms with Gasteiger partial charge in [0.1, 0.15) is 5.75 Å². The molecule has 3 nitrogen and oxygen atoms in total. The molecular weight excluding hydrogens is 331 g/mol. The van der Waals surface area contributed by atoms with E-state index in [2.05, 4.69) is 12.1 Å². The van der Waals surface area contributed by atoms with E-state index >= 15 is 0 Å². The van der Waals surface area contributed by atoms with Crippen LogP contribution in [-0.4, -0.2) is 16.4 Å². The minimum Gasteiger partial charge on any atom is -0.465 e. The van der Waals surface area contributed by atoms with Gasteiger partial charge in [0.25, 0.3) is 0 Å². The molecule has 1 unspecified atom stereocenters. The summed E-state index contributed by atoms with van der Waals surface area (Å²) in [5.74, 6) is 0.715. The predicted octanol–water partition coefficient (Wildman–Crippen LogP) is 5.27. The number of rotatable bonds is 1. The summed E-state index contributed by atoms with van der Waals surface area (Å²) >= 11 is 12.6. The van der Waals surface area contributed by atoms with E-state index in [0.29, 0.717) is 15.8 Å². The third-order valence-electron chi connectivity index (χ3n) is 4.32. The van der Waals surface area contributed by atoms with Gasteiger partial charge in [0.05, 0.1) is 16.8 Å². The Hall–Kier alpha value is -1.71. The number of ether oxygens (including phenoxy) is 1. The van der Waals surface area contributed by atoms with E-state index in [4.69, 9.17) is 33.0 Å². The average molecular weight is 347 g/mol. The molecule has 0 saturated heterocycles. The van der Waals surface area contributed by atoms with Crippen molar-refractivity contribution < 1.29 is 4.74 Å². The van der Waals surface area contributed by atoms with Crippen LogP contribution in [0.1, 0.15) is 37.4 Å². The average Bonchev–Trinajstić information content (AvgIpc) is 2.96. The fourth-order valence-corrected chi connectivity index (χ4v) is 3.83. The maximum Gasteiger partial charge on any atom is 0.192 e. The largest absolute Gasteiger partial charge is 0.465 e. The number of benzene rings is 2. The van der Waals surface area contributed by atoms with Crippen LogP contribution in [-0.2, 0) is 0 Å². The smallest absolute Gasteiger partial charge is 0.192 e. The molecule has 0 fully saturated rings. The van der Waals surface area contributed by atoms with Gasteiger partial charge >= 0.3 is 0 Å². The normalized spacial score (nSPS) is 21.3. The molecule has 0 spiro atoms. The SMILES string of the molecule is CC1(C)Oc2c(Cl)cc(Cl)cc2C2CC(c3ccccc3)=NN21. The lowest BCUT2D eigenvalue weighted by atomic mass is 9.95.